The number of methoxy groups -OCH3 is 2. The van der Waals surface area contributed by atoms with Crippen molar-refractivity contribution in [2.24, 2.45) is 0 Å². The zero-order chi connectivity index (χ0) is 12.7. The van der Waals surface area contributed by atoms with Crippen LogP contribution in [0, 0.1) is 0 Å². The summed E-state index contributed by atoms with van der Waals surface area (Å²) in [5.74, 6) is -0.857. The number of benzene rings is 1. The SMILES string of the molecule is COC(=O)C[C@H](OC)C(=O)Nc1ccccc1. The molecule has 0 aliphatic rings. The molecular weight excluding hydrogens is 222 g/mol. The monoisotopic (exact) mass is 237 g/mol. The molecule has 92 valence electrons. The van der Waals surface area contributed by atoms with Crippen molar-refractivity contribution in [3.63, 3.8) is 0 Å². The van der Waals surface area contributed by atoms with Crippen LogP contribution in [0.1, 0.15) is 6.42 Å². The van der Waals surface area contributed by atoms with Crippen molar-refractivity contribution >= 4 is 17.6 Å². The Morgan fingerprint density at radius 2 is 1.88 bits per heavy atom. The van der Waals surface area contributed by atoms with Gasteiger partial charge in [0.2, 0.25) is 0 Å². The molecule has 5 heteroatoms. The smallest absolute Gasteiger partial charge is 0.308 e. The Labute approximate surface area is 99.7 Å². The van der Waals surface area contributed by atoms with Crippen molar-refractivity contribution in [1.82, 2.24) is 0 Å². The number of hydrogen-bond donors (Lipinski definition) is 1. The van der Waals surface area contributed by atoms with E-state index in [9.17, 15) is 9.59 Å². The van der Waals surface area contributed by atoms with Gasteiger partial charge in [-0.2, -0.15) is 0 Å². The third-order valence-electron chi connectivity index (χ3n) is 2.20. The number of ether oxygens (including phenoxy) is 2. The van der Waals surface area contributed by atoms with Crippen LogP contribution in [-0.4, -0.2) is 32.2 Å². The number of para-hydroxylation sites is 1. The number of amides is 1. The maximum atomic E-state index is 11.8. The molecule has 0 fully saturated rings. The van der Waals surface area contributed by atoms with E-state index in [0.29, 0.717) is 5.69 Å². The lowest BCUT2D eigenvalue weighted by Crippen LogP contribution is -2.32. The molecule has 1 rings (SSSR count). The average Bonchev–Trinajstić information content (AvgIpc) is 2.36. The lowest BCUT2D eigenvalue weighted by Gasteiger charge is -2.13. The third-order valence-corrected chi connectivity index (χ3v) is 2.20. The zero-order valence-electron chi connectivity index (χ0n) is 9.80. The molecule has 1 atom stereocenters. The van der Waals surface area contributed by atoms with Gasteiger partial charge in [-0.3, -0.25) is 9.59 Å². The Morgan fingerprint density at radius 3 is 2.41 bits per heavy atom. The van der Waals surface area contributed by atoms with Crippen molar-refractivity contribution in [2.75, 3.05) is 19.5 Å². The summed E-state index contributed by atoms with van der Waals surface area (Å²) in [7, 11) is 2.64. The first-order valence-electron chi connectivity index (χ1n) is 5.13. The molecule has 0 aromatic heterocycles. The molecule has 0 aliphatic carbocycles. The van der Waals surface area contributed by atoms with Crippen LogP contribution in [0.3, 0.4) is 0 Å². The van der Waals surface area contributed by atoms with Gasteiger partial charge >= 0.3 is 5.97 Å². The normalized spacial score (nSPS) is 11.6. The molecule has 1 amide bonds. The van der Waals surface area contributed by atoms with Crippen LogP contribution in [0.15, 0.2) is 30.3 Å². The van der Waals surface area contributed by atoms with E-state index in [-0.39, 0.29) is 12.3 Å². The molecule has 17 heavy (non-hydrogen) atoms. The largest absolute Gasteiger partial charge is 0.469 e. The Morgan fingerprint density at radius 1 is 1.24 bits per heavy atom. The van der Waals surface area contributed by atoms with Crippen molar-refractivity contribution in [1.29, 1.82) is 0 Å². The van der Waals surface area contributed by atoms with Gasteiger partial charge in [-0.1, -0.05) is 18.2 Å². The van der Waals surface area contributed by atoms with Crippen LogP contribution in [-0.2, 0) is 19.1 Å². The highest BCUT2D eigenvalue weighted by Gasteiger charge is 2.21. The average molecular weight is 237 g/mol. The molecule has 0 saturated heterocycles. The van der Waals surface area contributed by atoms with E-state index in [0.717, 1.165) is 0 Å². The molecule has 1 aromatic rings. The minimum atomic E-state index is -0.845. The van der Waals surface area contributed by atoms with Gasteiger partial charge in [0.05, 0.1) is 13.5 Å². The van der Waals surface area contributed by atoms with E-state index in [1.54, 1.807) is 24.3 Å². The van der Waals surface area contributed by atoms with E-state index >= 15 is 0 Å². The van der Waals surface area contributed by atoms with Crippen LogP contribution >= 0.6 is 0 Å². The van der Waals surface area contributed by atoms with Crippen molar-refractivity contribution in [3.05, 3.63) is 30.3 Å². The zero-order valence-corrected chi connectivity index (χ0v) is 9.80. The number of carbonyl (C=O) groups is 2. The molecular formula is C12H15NO4. The fourth-order valence-corrected chi connectivity index (χ4v) is 1.26. The number of hydrogen-bond acceptors (Lipinski definition) is 4. The number of esters is 1. The van der Waals surface area contributed by atoms with Gasteiger partial charge < -0.3 is 14.8 Å². The molecule has 0 spiro atoms. The van der Waals surface area contributed by atoms with Gasteiger partial charge in [0.25, 0.3) is 5.91 Å². The predicted octanol–water partition coefficient (Wildman–Crippen LogP) is 1.20. The number of rotatable bonds is 5. The summed E-state index contributed by atoms with van der Waals surface area (Å²) in [6, 6.07) is 8.96. The highest BCUT2D eigenvalue weighted by Crippen LogP contribution is 2.08. The summed E-state index contributed by atoms with van der Waals surface area (Å²) >= 11 is 0. The second-order valence-electron chi connectivity index (χ2n) is 3.36. The first-order chi connectivity index (χ1) is 8.17. The van der Waals surface area contributed by atoms with Crippen molar-refractivity contribution < 1.29 is 19.1 Å². The Hall–Kier alpha value is -1.88. The van der Waals surface area contributed by atoms with E-state index in [2.05, 4.69) is 10.1 Å². The Balaban J connectivity index is 2.58. The molecule has 0 heterocycles. The summed E-state index contributed by atoms with van der Waals surface area (Å²) in [6.45, 7) is 0. The molecule has 1 aromatic carbocycles. The first kappa shape index (κ1) is 13.2. The fourth-order valence-electron chi connectivity index (χ4n) is 1.26. The van der Waals surface area contributed by atoms with Crippen molar-refractivity contribution in [2.45, 2.75) is 12.5 Å². The van der Waals surface area contributed by atoms with Gasteiger partial charge in [-0.15, -0.1) is 0 Å². The van der Waals surface area contributed by atoms with E-state index in [1.165, 1.54) is 14.2 Å². The minimum absolute atomic E-state index is 0.105. The van der Waals surface area contributed by atoms with Gasteiger partial charge in [-0.05, 0) is 12.1 Å². The minimum Gasteiger partial charge on any atom is -0.469 e. The first-order valence-corrected chi connectivity index (χ1v) is 5.13. The summed E-state index contributed by atoms with van der Waals surface area (Å²) < 4.78 is 9.43. The van der Waals surface area contributed by atoms with Gasteiger partial charge in [-0.25, -0.2) is 0 Å². The van der Waals surface area contributed by atoms with Crippen LogP contribution < -0.4 is 5.32 Å². The van der Waals surface area contributed by atoms with E-state index in [4.69, 9.17) is 4.74 Å². The molecule has 0 unspecified atom stereocenters. The molecule has 0 aliphatic heterocycles. The van der Waals surface area contributed by atoms with Gasteiger partial charge in [0.1, 0.15) is 6.10 Å². The Bertz CT molecular complexity index is 377. The number of carbonyl (C=O) groups excluding carboxylic acids is 2. The number of anilines is 1. The maximum absolute atomic E-state index is 11.8. The molecule has 0 radical (unpaired) electrons. The van der Waals surface area contributed by atoms with Crippen LogP contribution in [0.25, 0.3) is 0 Å². The van der Waals surface area contributed by atoms with E-state index < -0.39 is 12.1 Å². The highest BCUT2D eigenvalue weighted by molar-refractivity contribution is 5.96. The summed E-state index contributed by atoms with van der Waals surface area (Å²) in [4.78, 5) is 22.8. The maximum Gasteiger partial charge on any atom is 0.308 e. The lowest BCUT2D eigenvalue weighted by molar-refractivity contribution is -0.146. The predicted molar refractivity (Wildman–Crippen MR) is 62.5 cm³/mol. The topological polar surface area (TPSA) is 64.6 Å². The lowest BCUT2D eigenvalue weighted by atomic mass is 10.2. The van der Waals surface area contributed by atoms with Gasteiger partial charge in [0, 0.05) is 12.8 Å². The van der Waals surface area contributed by atoms with Crippen LogP contribution in [0.4, 0.5) is 5.69 Å². The standard InChI is InChI=1S/C12H15NO4/c1-16-10(8-11(14)17-2)12(15)13-9-6-4-3-5-7-9/h3-7,10H,8H2,1-2H3,(H,13,15)/t10-/m0/s1. The van der Waals surface area contributed by atoms with Crippen LogP contribution in [0.5, 0.6) is 0 Å². The van der Waals surface area contributed by atoms with E-state index in [1.807, 2.05) is 6.07 Å². The van der Waals surface area contributed by atoms with Crippen LogP contribution in [0.2, 0.25) is 0 Å². The fraction of sp³-hybridized carbons (Fsp3) is 0.333. The molecule has 0 bridgehead atoms. The van der Waals surface area contributed by atoms with Gasteiger partial charge in [0.15, 0.2) is 0 Å². The molecule has 1 N–H and O–H groups in total. The Kier molecular flexibility index (Phi) is 5.16. The number of nitrogens with one attached hydrogen (secondary N) is 1. The second kappa shape index (κ2) is 6.65. The summed E-state index contributed by atoms with van der Waals surface area (Å²) in [6.07, 6.45) is -0.950. The summed E-state index contributed by atoms with van der Waals surface area (Å²) in [5, 5.41) is 2.65. The quantitative estimate of drug-likeness (QED) is 0.781. The highest BCUT2D eigenvalue weighted by atomic mass is 16.5. The second-order valence-corrected chi connectivity index (χ2v) is 3.36. The molecule has 0 saturated carbocycles. The third kappa shape index (κ3) is 4.24. The van der Waals surface area contributed by atoms with Crippen molar-refractivity contribution in [3.8, 4) is 0 Å². The summed E-state index contributed by atoms with van der Waals surface area (Å²) in [5.41, 5.74) is 0.657. The molecule has 5 nitrogen and oxygen atoms in total.